The lowest BCUT2D eigenvalue weighted by molar-refractivity contribution is -0.394. The van der Waals surface area contributed by atoms with Crippen LogP contribution in [0.2, 0.25) is 0 Å². The Balaban J connectivity index is 2.25. The summed E-state index contributed by atoms with van der Waals surface area (Å²) in [5, 5.41) is 24.9. The minimum absolute atomic E-state index is 0.165. The molecule has 0 aromatic heterocycles. The van der Waals surface area contributed by atoms with Crippen LogP contribution in [-0.4, -0.2) is 27.3 Å². The van der Waals surface area contributed by atoms with Crippen molar-refractivity contribution < 1.29 is 24.3 Å². The van der Waals surface area contributed by atoms with Crippen LogP contribution in [0.4, 0.5) is 11.4 Å². The molecule has 0 N–H and O–H groups in total. The first-order valence-electron chi connectivity index (χ1n) is 6.00. The van der Waals surface area contributed by atoms with Gasteiger partial charge in [-0.25, -0.2) is 4.79 Å². The number of nitro benzene ring substituents is 2. The van der Waals surface area contributed by atoms with Gasteiger partial charge in [-0.3, -0.25) is 25.0 Å². The number of benzene rings is 1. The van der Waals surface area contributed by atoms with E-state index in [1.165, 1.54) is 24.3 Å². The highest BCUT2D eigenvalue weighted by Gasteiger charge is 2.21. The monoisotopic (exact) mass is 317 g/mol. The van der Waals surface area contributed by atoms with Gasteiger partial charge in [0.15, 0.2) is 5.78 Å². The number of carbonyl (C=O) groups excluding carboxylic acids is 2. The molecule has 0 aliphatic heterocycles. The van der Waals surface area contributed by atoms with Crippen molar-refractivity contribution in [3.8, 4) is 0 Å². The molecule has 0 spiro atoms. The Labute approximate surface area is 127 Å². The maximum atomic E-state index is 11.8. The van der Waals surface area contributed by atoms with Gasteiger partial charge in [0.1, 0.15) is 5.71 Å². The quantitative estimate of drug-likeness (QED) is 0.356. The maximum absolute atomic E-state index is 11.8. The summed E-state index contributed by atoms with van der Waals surface area (Å²) in [6.07, 6.45) is 4.99. The Morgan fingerprint density at radius 1 is 0.957 bits per heavy atom. The van der Waals surface area contributed by atoms with Gasteiger partial charge in [-0.15, -0.1) is 0 Å². The minimum Gasteiger partial charge on any atom is -0.312 e. The normalized spacial score (nSPS) is 12.9. The molecule has 2 rings (SSSR count). The second-order valence-electron chi connectivity index (χ2n) is 4.22. The highest BCUT2D eigenvalue weighted by molar-refractivity contribution is 6.16. The fourth-order valence-electron chi connectivity index (χ4n) is 1.58. The van der Waals surface area contributed by atoms with E-state index in [0.717, 1.165) is 18.2 Å². The molecule has 0 fully saturated rings. The molecule has 0 atom stereocenters. The van der Waals surface area contributed by atoms with Crippen LogP contribution in [0.15, 0.2) is 47.7 Å². The van der Waals surface area contributed by atoms with E-state index in [1.54, 1.807) is 0 Å². The zero-order chi connectivity index (χ0) is 17.0. The van der Waals surface area contributed by atoms with Crippen molar-refractivity contribution in [3.05, 3.63) is 68.3 Å². The number of oxime groups is 1. The van der Waals surface area contributed by atoms with Crippen LogP contribution in [0.25, 0.3) is 0 Å². The topological polar surface area (TPSA) is 142 Å². The Morgan fingerprint density at radius 2 is 1.48 bits per heavy atom. The number of carbonyl (C=O) groups is 2. The Morgan fingerprint density at radius 3 is 1.96 bits per heavy atom. The summed E-state index contributed by atoms with van der Waals surface area (Å²) >= 11 is 0. The van der Waals surface area contributed by atoms with Crippen molar-refractivity contribution in [1.82, 2.24) is 0 Å². The third kappa shape index (κ3) is 3.91. The van der Waals surface area contributed by atoms with Gasteiger partial charge >= 0.3 is 5.97 Å². The Bertz CT molecular complexity index is 758. The fraction of sp³-hybridized carbons (Fsp3) is 0. The number of nitro groups is 2. The Kier molecular flexibility index (Phi) is 4.36. The fourth-order valence-corrected chi connectivity index (χ4v) is 1.58. The standard InChI is InChI=1S/C13H7N3O7/c17-12-3-1-9(2-4-12)14-23-13(18)8-5-10(15(19)20)7-11(6-8)16(21)22/h1-7H. The molecule has 0 amide bonds. The molecular weight excluding hydrogens is 310 g/mol. The maximum Gasteiger partial charge on any atom is 0.366 e. The molecule has 0 bridgehead atoms. The molecule has 0 saturated carbocycles. The molecule has 1 aliphatic rings. The predicted molar refractivity (Wildman–Crippen MR) is 75.9 cm³/mol. The van der Waals surface area contributed by atoms with E-state index in [9.17, 15) is 29.8 Å². The van der Waals surface area contributed by atoms with Crippen LogP contribution in [0.3, 0.4) is 0 Å². The van der Waals surface area contributed by atoms with Crippen molar-refractivity contribution in [2.24, 2.45) is 5.16 Å². The first kappa shape index (κ1) is 15.7. The minimum atomic E-state index is -1.11. The number of nitrogens with zero attached hydrogens (tertiary/aromatic N) is 3. The van der Waals surface area contributed by atoms with E-state index in [0.29, 0.717) is 0 Å². The van der Waals surface area contributed by atoms with E-state index in [4.69, 9.17) is 0 Å². The lowest BCUT2D eigenvalue weighted by atomic mass is 10.2. The van der Waals surface area contributed by atoms with Crippen molar-refractivity contribution in [3.63, 3.8) is 0 Å². The number of hydrogen-bond donors (Lipinski definition) is 0. The lowest BCUT2D eigenvalue weighted by Gasteiger charge is -2.01. The third-order valence-corrected chi connectivity index (χ3v) is 2.63. The first-order valence-corrected chi connectivity index (χ1v) is 6.00. The van der Waals surface area contributed by atoms with Gasteiger partial charge in [0.05, 0.1) is 21.5 Å². The molecule has 1 aromatic carbocycles. The number of hydrogen-bond acceptors (Lipinski definition) is 8. The molecular formula is C13H7N3O7. The summed E-state index contributed by atoms with van der Waals surface area (Å²) in [6, 6.07) is 2.40. The molecule has 1 aromatic rings. The number of allylic oxidation sites excluding steroid dienone is 4. The second kappa shape index (κ2) is 6.39. The molecule has 1 aliphatic carbocycles. The van der Waals surface area contributed by atoms with E-state index in [-0.39, 0.29) is 11.5 Å². The Hall–Kier alpha value is -3.69. The van der Waals surface area contributed by atoms with Crippen LogP contribution in [-0.2, 0) is 9.63 Å². The van der Waals surface area contributed by atoms with E-state index in [1.807, 2.05) is 0 Å². The molecule has 0 heterocycles. The zero-order valence-electron chi connectivity index (χ0n) is 11.2. The smallest absolute Gasteiger partial charge is 0.312 e. The zero-order valence-corrected chi connectivity index (χ0v) is 11.2. The highest BCUT2D eigenvalue weighted by atomic mass is 16.7. The van der Waals surface area contributed by atoms with Gasteiger partial charge in [0.25, 0.3) is 11.4 Å². The first-order chi connectivity index (χ1) is 10.9. The van der Waals surface area contributed by atoms with Crippen LogP contribution >= 0.6 is 0 Å². The summed E-state index contributed by atoms with van der Waals surface area (Å²) < 4.78 is 0. The van der Waals surface area contributed by atoms with E-state index < -0.39 is 32.8 Å². The SMILES string of the molecule is O=C1C=CC(=NOC(=O)c2cc([N+](=O)[O-])cc([N+](=O)[O-])c2)C=C1. The molecule has 0 unspecified atom stereocenters. The van der Waals surface area contributed by atoms with Crippen molar-refractivity contribution in [2.45, 2.75) is 0 Å². The molecule has 0 saturated heterocycles. The van der Waals surface area contributed by atoms with E-state index in [2.05, 4.69) is 9.99 Å². The van der Waals surface area contributed by atoms with Crippen molar-refractivity contribution >= 4 is 28.8 Å². The number of non-ortho nitro benzene ring substituents is 2. The summed E-state index contributed by atoms with van der Waals surface area (Å²) in [7, 11) is 0. The van der Waals surface area contributed by atoms with Gasteiger partial charge < -0.3 is 4.84 Å². The van der Waals surface area contributed by atoms with E-state index >= 15 is 0 Å². The summed E-state index contributed by atoms with van der Waals surface area (Å²) in [6.45, 7) is 0. The van der Waals surface area contributed by atoms with Crippen LogP contribution in [0, 0.1) is 20.2 Å². The largest absolute Gasteiger partial charge is 0.366 e. The van der Waals surface area contributed by atoms with Crippen LogP contribution in [0.1, 0.15) is 10.4 Å². The van der Waals surface area contributed by atoms with Crippen LogP contribution < -0.4 is 0 Å². The molecule has 10 heteroatoms. The molecule has 0 radical (unpaired) electrons. The highest BCUT2D eigenvalue weighted by Crippen LogP contribution is 2.23. The lowest BCUT2D eigenvalue weighted by Crippen LogP contribution is -2.06. The number of ketones is 1. The van der Waals surface area contributed by atoms with Crippen LogP contribution in [0.5, 0.6) is 0 Å². The molecule has 116 valence electrons. The summed E-state index contributed by atoms with van der Waals surface area (Å²) in [5.74, 6) is -1.37. The van der Waals surface area contributed by atoms with Crippen molar-refractivity contribution in [1.29, 1.82) is 0 Å². The number of rotatable bonds is 4. The molecule has 23 heavy (non-hydrogen) atoms. The molecule has 10 nitrogen and oxygen atoms in total. The van der Waals surface area contributed by atoms with Gasteiger partial charge in [0, 0.05) is 12.1 Å². The van der Waals surface area contributed by atoms with Gasteiger partial charge in [-0.2, -0.15) is 0 Å². The predicted octanol–water partition coefficient (Wildman–Crippen LogP) is 1.71. The van der Waals surface area contributed by atoms with Crippen molar-refractivity contribution in [2.75, 3.05) is 0 Å². The third-order valence-electron chi connectivity index (χ3n) is 2.63. The van der Waals surface area contributed by atoms with Gasteiger partial charge in [0.2, 0.25) is 0 Å². The van der Waals surface area contributed by atoms with Gasteiger partial charge in [-0.05, 0) is 24.3 Å². The average molecular weight is 317 g/mol. The van der Waals surface area contributed by atoms with Gasteiger partial charge in [-0.1, -0.05) is 5.16 Å². The second-order valence-corrected chi connectivity index (χ2v) is 4.22. The summed E-state index contributed by atoms with van der Waals surface area (Å²) in [5.41, 5.74) is -1.48. The summed E-state index contributed by atoms with van der Waals surface area (Å²) in [4.78, 5) is 47.0. The average Bonchev–Trinajstić information content (AvgIpc) is 2.53.